The van der Waals surface area contributed by atoms with Gasteiger partial charge in [-0.1, -0.05) is 13.3 Å². The SMILES string of the molecule is CCCNC(=NC)NCCC1CC2CCC1C2. The third-order valence-electron chi connectivity index (χ3n) is 4.46. The molecule has 2 bridgehead atoms. The second kappa shape index (κ2) is 6.27. The number of aliphatic imine (C=N–C) groups is 1. The van der Waals surface area contributed by atoms with E-state index in [1.165, 1.54) is 32.1 Å². The molecule has 2 aliphatic carbocycles. The molecule has 0 saturated heterocycles. The predicted molar refractivity (Wildman–Crippen MR) is 73.2 cm³/mol. The van der Waals surface area contributed by atoms with Crippen LogP contribution in [-0.2, 0) is 0 Å². The first-order valence-electron chi connectivity index (χ1n) is 7.28. The maximum Gasteiger partial charge on any atom is 0.190 e. The lowest BCUT2D eigenvalue weighted by atomic mass is 9.86. The summed E-state index contributed by atoms with van der Waals surface area (Å²) in [7, 11) is 1.85. The standard InChI is InChI=1S/C14H27N3/c1-3-7-16-14(15-2)17-8-6-13-10-11-4-5-12(13)9-11/h11-13H,3-10H2,1-2H3,(H2,15,16,17). The first kappa shape index (κ1) is 12.7. The summed E-state index contributed by atoms with van der Waals surface area (Å²) in [6.07, 6.45) is 8.49. The molecule has 0 aromatic rings. The zero-order valence-electron chi connectivity index (χ0n) is 11.3. The Hall–Kier alpha value is -0.730. The number of hydrogen-bond donors (Lipinski definition) is 2. The summed E-state index contributed by atoms with van der Waals surface area (Å²) in [4.78, 5) is 4.23. The topological polar surface area (TPSA) is 36.4 Å². The molecule has 0 aromatic carbocycles. The van der Waals surface area contributed by atoms with Crippen LogP contribution in [0.3, 0.4) is 0 Å². The fourth-order valence-electron chi connectivity index (χ4n) is 3.57. The van der Waals surface area contributed by atoms with Crippen LogP contribution in [-0.4, -0.2) is 26.1 Å². The van der Waals surface area contributed by atoms with E-state index in [1.54, 1.807) is 0 Å². The highest BCUT2D eigenvalue weighted by Crippen LogP contribution is 2.49. The molecule has 2 N–H and O–H groups in total. The molecular formula is C14H27N3. The van der Waals surface area contributed by atoms with Crippen LogP contribution in [0, 0.1) is 17.8 Å². The maximum absolute atomic E-state index is 4.23. The summed E-state index contributed by atoms with van der Waals surface area (Å²) < 4.78 is 0. The van der Waals surface area contributed by atoms with E-state index in [4.69, 9.17) is 0 Å². The van der Waals surface area contributed by atoms with Gasteiger partial charge in [0.1, 0.15) is 0 Å². The molecule has 98 valence electrons. The second-order valence-electron chi connectivity index (χ2n) is 5.65. The summed E-state index contributed by atoms with van der Waals surface area (Å²) in [6, 6.07) is 0. The Labute approximate surface area is 105 Å². The quantitative estimate of drug-likeness (QED) is 0.569. The lowest BCUT2D eigenvalue weighted by molar-refractivity contribution is 0.315. The Balaban J connectivity index is 1.62. The zero-order valence-corrected chi connectivity index (χ0v) is 11.3. The third kappa shape index (κ3) is 3.36. The number of rotatable bonds is 5. The van der Waals surface area contributed by atoms with Gasteiger partial charge in [0.15, 0.2) is 5.96 Å². The Morgan fingerprint density at radius 3 is 2.59 bits per heavy atom. The van der Waals surface area contributed by atoms with Crippen molar-refractivity contribution in [3.05, 3.63) is 0 Å². The van der Waals surface area contributed by atoms with Crippen molar-refractivity contribution in [1.82, 2.24) is 10.6 Å². The molecule has 2 fully saturated rings. The lowest BCUT2D eigenvalue weighted by Gasteiger charge is -2.22. The molecule has 0 amide bonds. The first-order chi connectivity index (χ1) is 8.33. The molecular weight excluding hydrogens is 210 g/mol. The lowest BCUT2D eigenvalue weighted by Crippen LogP contribution is -2.38. The minimum absolute atomic E-state index is 0.968. The number of nitrogens with one attached hydrogen (secondary N) is 2. The van der Waals surface area contributed by atoms with Crippen LogP contribution in [0.15, 0.2) is 4.99 Å². The molecule has 0 spiro atoms. The number of guanidine groups is 1. The normalized spacial score (nSPS) is 31.9. The molecule has 3 unspecified atom stereocenters. The van der Waals surface area contributed by atoms with Crippen LogP contribution in [0.5, 0.6) is 0 Å². The van der Waals surface area contributed by atoms with Gasteiger partial charge in [-0.2, -0.15) is 0 Å². The van der Waals surface area contributed by atoms with Gasteiger partial charge in [0.05, 0.1) is 0 Å². The minimum atomic E-state index is 0.968. The van der Waals surface area contributed by atoms with Gasteiger partial charge >= 0.3 is 0 Å². The molecule has 2 aliphatic rings. The largest absolute Gasteiger partial charge is 0.356 e. The average Bonchev–Trinajstić information content (AvgIpc) is 2.95. The fraction of sp³-hybridized carbons (Fsp3) is 0.929. The Morgan fingerprint density at radius 2 is 2.00 bits per heavy atom. The monoisotopic (exact) mass is 237 g/mol. The fourth-order valence-corrected chi connectivity index (χ4v) is 3.57. The van der Waals surface area contributed by atoms with Gasteiger partial charge in [-0.25, -0.2) is 0 Å². The van der Waals surface area contributed by atoms with Gasteiger partial charge in [0.2, 0.25) is 0 Å². The van der Waals surface area contributed by atoms with Crippen LogP contribution in [0.25, 0.3) is 0 Å². The van der Waals surface area contributed by atoms with Gasteiger partial charge in [-0.15, -0.1) is 0 Å². The highest BCUT2D eigenvalue weighted by Gasteiger charge is 2.38. The predicted octanol–water partition coefficient (Wildman–Crippen LogP) is 2.39. The highest BCUT2D eigenvalue weighted by atomic mass is 15.2. The van der Waals surface area contributed by atoms with Crippen molar-refractivity contribution in [2.75, 3.05) is 20.1 Å². The summed E-state index contributed by atoms with van der Waals surface area (Å²) in [5, 5.41) is 6.75. The smallest absolute Gasteiger partial charge is 0.190 e. The molecule has 3 nitrogen and oxygen atoms in total. The van der Waals surface area contributed by atoms with Crippen LogP contribution in [0.4, 0.5) is 0 Å². The first-order valence-corrected chi connectivity index (χ1v) is 7.28. The Kier molecular flexibility index (Phi) is 4.69. The molecule has 3 atom stereocenters. The summed E-state index contributed by atoms with van der Waals surface area (Å²) in [5.74, 6) is 4.08. The van der Waals surface area contributed by atoms with Crippen LogP contribution >= 0.6 is 0 Å². The van der Waals surface area contributed by atoms with E-state index in [0.29, 0.717) is 0 Å². The summed E-state index contributed by atoms with van der Waals surface area (Å²) in [5.41, 5.74) is 0. The van der Waals surface area contributed by atoms with Crippen molar-refractivity contribution in [1.29, 1.82) is 0 Å². The van der Waals surface area contributed by atoms with Crippen LogP contribution in [0.2, 0.25) is 0 Å². The summed E-state index contributed by atoms with van der Waals surface area (Å²) in [6.45, 7) is 4.26. The molecule has 0 heterocycles. The molecule has 3 heteroatoms. The van der Waals surface area contributed by atoms with Gasteiger partial charge < -0.3 is 10.6 Å². The van der Waals surface area contributed by atoms with E-state index in [1.807, 2.05) is 7.05 Å². The highest BCUT2D eigenvalue weighted by molar-refractivity contribution is 5.79. The van der Waals surface area contributed by atoms with Crippen molar-refractivity contribution >= 4 is 5.96 Å². The number of fused-ring (bicyclic) bond motifs is 2. The molecule has 17 heavy (non-hydrogen) atoms. The van der Waals surface area contributed by atoms with E-state index in [0.717, 1.165) is 43.2 Å². The number of nitrogens with zero attached hydrogens (tertiary/aromatic N) is 1. The maximum atomic E-state index is 4.23. The molecule has 0 radical (unpaired) electrons. The van der Waals surface area contributed by atoms with Crippen molar-refractivity contribution in [3.63, 3.8) is 0 Å². The zero-order chi connectivity index (χ0) is 12.1. The molecule has 2 saturated carbocycles. The van der Waals surface area contributed by atoms with Crippen molar-refractivity contribution in [2.24, 2.45) is 22.7 Å². The van der Waals surface area contributed by atoms with Crippen LogP contribution in [0.1, 0.15) is 45.4 Å². The van der Waals surface area contributed by atoms with E-state index < -0.39 is 0 Å². The second-order valence-corrected chi connectivity index (χ2v) is 5.65. The molecule has 2 rings (SSSR count). The van der Waals surface area contributed by atoms with Crippen molar-refractivity contribution in [3.8, 4) is 0 Å². The van der Waals surface area contributed by atoms with E-state index in [2.05, 4.69) is 22.5 Å². The van der Waals surface area contributed by atoms with Gasteiger partial charge in [0, 0.05) is 20.1 Å². The van der Waals surface area contributed by atoms with Crippen molar-refractivity contribution in [2.45, 2.75) is 45.4 Å². The average molecular weight is 237 g/mol. The Morgan fingerprint density at radius 1 is 1.18 bits per heavy atom. The van der Waals surface area contributed by atoms with E-state index in [-0.39, 0.29) is 0 Å². The Bertz CT molecular complexity index is 262. The van der Waals surface area contributed by atoms with Crippen LogP contribution < -0.4 is 10.6 Å². The summed E-state index contributed by atoms with van der Waals surface area (Å²) >= 11 is 0. The van der Waals surface area contributed by atoms with E-state index >= 15 is 0 Å². The van der Waals surface area contributed by atoms with Gasteiger partial charge in [-0.05, 0) is 49.9 Å². The van der Waals surface area contributed by atoms with Crippen molar-refractivity contribution < 1.29 is 0 Å². The van der Waals surface area contributed by atoms with Gasteiger partial charge in [0.25, 0.3) is 0 Å². The molecule has 0 aliphatic heterocycles. The minimum Gasteiger partial charge on any atom is -0.356 e. The number of hydrogen-bond acceptors (Lipinski definition) is 1. The van der Waals surface area contributed by atoms with E-state index in [9.17, 15) is 0 Å². The molecule has 0 aromatic heterocycles. The third-order valence-corrected chi connectivity index (χ3v) is 4.46. The van der Waals surface area contributed by atoms with Gasteiger partial charge in [-0.3, -0.25) is 4.99 Å².